The Morgan fingerprint density at radius 2 is 2.23 bits per heavy atom. The first-order chi connectivity index (χ1) is 10.7. The first-order valence-electron chi connectivity index (χ1n) is 8.16. The quantitative estimate of drug-likeness (QED) is 0.859. The second-order valence-corrected chi connectivity index (χ2v) is 6.91. The summed E-state index contributed by atoms with van der Waals surface area (Å²) in [6.45, 7) is 5.22. The zero-order valence-corrected chi connectivity index (χ0v) is 13.3. The number of rotatable bonds is 3. The Morgan fingerprint density at radius 3 is 2.91 bits per heavy atom. The predicted molar refractivity (Wildman–Crippen MR) is 82.4 cm³/mol. The molecule has 4 rings (SSSR count). The number of nitrogens with zero attached hydrogens (tertiary/aromatic N) is 7. The summed E-state index contributed by atoms with van der Waals surface area (Å²) in [7, 11) is 1.95. The largest absolute Gasteiger partial charge is 0.339 e. The van der Waals surface area contributed by atoms with Gasteiger partial charge in [-0.05, 0) is 47.1 Å². The number of tetrazole rings is 1. The fourth-order valence-corrected chi connectivity index (χ4v) is 3.96. The van der Waals surface area contributed by atoms with Crippen molar-refractivity contribution in [2.45, 2.75) is 39.2 Å². The van der Waals surface area contributed by atoms with Gasteiger partial charge >= 0.3 is 0 Å². The molecule has 1 spiro atoms. The highest BCUT2D eigenvalue weighted by atomic mass is 15.6. The highest BCUT2D eigenvalue weighted by Gasteiger charge is 2.46. The average molecular weight is 301 g/mol. The molecule has 0 amide bonds. The van der Waals surface area contributed by atoms with Crippen LogP contribution in [0.25, 0.3) is 0 Å². The van der Waals surface area contributed by atoms with Gasteiger partial charge in [0.1, 0.15) is 0 Å². The summed E-state index contributed by atoms with van der Waals surface area (Å²) in [5.74, 6) is 1.72. The van der Waals surface area contributed by atoms with Crippen molar-refractivity contribution in [2.75, 3.05) is 18.0 Å². The minimum absolute atomic E-state index is 0.502. The van der Waals surface area contributed by atoms with Gasteiger partial charge in [-0.15, -0.1) is 0 Å². The van der Waals surface area contributed by atoms with Gasteiger partial charge in [-0.1, -0.05) is 18.4 Å². The molecule has 118 valence electrons. The summed E-state index contributed by atoms with van der Waals surface area (Å²) in [5.41, 5.74) is 1.61. The van der Waals surface area contributed by atoms with Crippen molar-refractivity contribution in [2.24, 2.45) is 18.4 Å². The van der Waals surface area contributed by atoms with E-state index in [1.54, 1.807) is 0 Å². The first kappa shape index (κ1) is 13.7. The fourth-order valence-electron chi connectivity index (χ4n) is 3.96. The molecule has 3 heterocycles. The molecular formula is C15H23N7. The molecule has 1 saturated carbocycles. The molecule has 1 atom stereocenters. The van der Waals surface area contributed by atoms with Gasteiger partial charge in [-0.2, -0.15) is 5.10 Å². The number of hydrogen-bond acceptors (Lipinski definition) is 5. The molecule has 1 saturated heterocycles. The highest BCUT2D eigenvalue weighted by Crippen LogP contribution is 2.51. The molecule has 1 aliphatic carbocycles. The van der Waals surface area contributed by atoms with Crippen molar-refractivity contribution in [3.63, 3.8) is 0 Å². The maximum absolute atomic E-state index is 4.30. The van der Waals surface area contributed by atoms with Crippen molar-refractivity contribution in [1.82, 2.24) is 30.0 Å². The van der Waals surface area contributed by atoms with Crippen LogP contribution in [0.4, 0.5) is 5.95 Å². The van der Waals surface area contributed by atoms with Crippen LogP contribution in [0.15, 0.2) is 12.3 Å². The molecule has 2 aromatic rings. The molecule has 7 nitrogen and oxygen atoms in total. The second kappa shape index (κ2) is 5.07. The number of aryl methyl sites for hydroxylation is 1. The smallest absolute Gasteiger partial charge is 0.245 e. The minimum atomic E-state index is 0.502. The molecule has 2 fully saturated rings. The number of hydrogen-bond donors (Lipinski definition) is 0. The number of piperidine rings is 1. The van der Waals surface area contributed by atoms with Crippen LogP contribution in [0.5, 0.6) is 0 Å². The van der Waals surface area contributed by atoms with Crippen LogP contribution in [0.2, 0.25) is 0 Å². The normalized spacial score (nSPS) is 23.7. The van der Waals surface area contributed by atoms with E-state index in [9.17, 15) is 0 Å². The van der Waals surface area contributed by atoms with Crippen molar-refractivity contribution in [3.05, 3.63) is 18.0 Å². The van der Waals surface area contributed by atoms with Crippen LogP contribution in [0.3, 0.4) is 0 Å². The summed E-state index contributed by atoms with van der Waals surface area (Å²) in [6.07, 6.45) is 7.13. The van der Waals surface area contributed by atoms with Gasteiger partial charge in [0.05, 0.1) is 12.2 Å². The lowest BCUT2D eigenvalue weighted by molar-refractivity contribution is 0.0439. The average Bonchev–Trinajstić information content (AvgIpc) is 3.08. The van der Waals surface area contributed by atoms with E-state index in [1.165, 1.54) is 25.7 Å². The van der Waals surface area contributed by atoms with Gasteiger partial charge in [-0.25, -0.2) is 4.68 Å². The second-order valence-electron chi connectivity index (χ2n) is 6.91. The van der Waals surface area contributed by atoms with E-state index in [4.69, 9.17) is 0 Å². The lowest BCUT2D eigenvalue weighted by Crippen LogP contribution is -2.52. The summed E-state index contributed by atoms with van der Waals surface area (Å²) >= 11 is 0. The molecule has 0 aromatic carbocycles. The van der Waals surface area contributed by atoms with E-state index < -0.39 is 0 Å². The molecule has 0 bridgehead atoms. The van der Waals surface area contributed by atoms with Crippen LogP contribution in [-0.4, -0.2) is 43.1 Å². The SMILES string of the molecule is C[C@H]1CCN(c2nnnn2Cc2ccnn2C)CC12CCC2. The van der Waals surface area contributed by atoms with Gasteiger partial charge in [0.25, 0.3) is 0 Å². The molecule has 1 aliphatic heterocycles. The standard InChI is InChI=1S/C15H23N7/c1-12-5-9-21(11-15(12)6-3-7-15)14-17-18-19-22(14)10-13-4-8-16-20(13)2/h4,8,12H,3,5-7,9-11H2,1-2H3/t12-/m0/s1. The fraction of sp³-hybridized carbons (Fsp3) is 0.733. The molecule has 0 unspecified atom stereocenters. The van der Waals surface area contributed by atoms with Crippen molar-refractivity contribution in [3.8, 4) is 0 Å². The van der Waals surface area contributed by atoms with E-state index in [-0.39, 0.29) is 0 Å². The van der Waals surface area contributed by atoms with E-state index in [0.29, 0.717) is 12.0 Å². The van der Waals surface area contributed by atoms with E-state index in [2.05, 4.69) is 32.4 Å². The third-order valence-corrected chi connectivity index (χ3v) is 5.76. The monoisotopic (exact) mass is 301 g/mol. The van der Waals surface area contributed by atoms with E-state index >= 15 is 0 Å². The lowest BCUT2D eigenvalue weighted by atomic mass is 9.59. The lowest BCUT2D eigenvalue weighted by Gasteiger charge is -2.53. The van der Waals surface area contributed by atoms with Crippen LogP contribution < -0.4 is 4.90 Å². The van der Waals surface area contributed by atoms with Crippen LogP contribution >= 0.6 is 0 Å². The third kappa shape index (κ3) is 2.10. The predicted octanol–water partition coefficient (Wildman–Crippen LogP) is 1.47. The summed E-state index contributed by atoms with van der Waals surface area (Å²) < 4.78 is 3.77. The Balaban J connectivity index is 1.56. The molecule has 0 radical (unpaired) electrons. The van der Waals surface area contributed by atoms with Crippen LogP contribution in [0, 0.1) is 11.3 Å². The van der Waals surface area contributed by atoms with Crippen LogP contribution in [0.1, 0.15) is 38.3 Å². The van der Waals surface area contributed by atoms with Crippen molar-refractivity contribution in [1.29, 1.82) is 0 Å². The van der Waals surface area contributed by atoms with E-state index in [0.717, 1.165) is 30.6 Å². The Labute approximate surface area is 130 Å². The summed E-state index contributed by atoms with van der Waals surface area (Å²) in [6, 6.07) is 2.01. The van der Waals surface area contributed by atoms with Crippen molar-refractivity contribution >= 4 is 5.95 Å². The Hall–Kier alpha value is -1.92. The van der Waals surface area contributed by atoms with Gasteiger partial charge in [0, 0.05) is 26.3 Å². The zero-order chi connectivity index (χ0) is 15.2. The molecule has 7 heteroatoms. The summed E-state index contributed by atoms with van der Waals surface area (Å²) in [4.78, 5) is 2.38. The van der Waals surface area contributed by atoms with Crippen LogP contribution in [-0.2, 0) is 13.6 Å². The minimum Gasteiger partial charge on any atom is -0.339 e. The van der Waals surface area contributed by atoms with Gasteiger partial charge < -0.3 is 4.90 Å². The molecule has 2 aromatic heterocycles. The van der Waals surface area contributed by atoms with Gasteiger partial charge in [0.2, 0.25) is 5.95 Å². The van der Waals surface area contributed by atoms with Gasteiger partial charge in [0.15, 0.2) is 0 Å². The zero-order valence-electron chi connectivity index (χ0n) is 13.3. The first-order valence-corrected chi connectivity index (χ1v) is 8.16. The topological polar surface area (TPSA) is 64.7 Å². The molecule has 0 N–H and O–H groups in total. The molecule has 2 aliphatic rings. The molecular weight excluding hydrogens is 278 g/mol. The summed E-state index contributed by atoms with van der Waals surface area (Å²) in [5, 5.41) is 16.6. The Kier molecular flexibility index (Phi) is 3.16. The highest BCUT2D eigenvalue weighted by molar-refractivity contribution is 5.31. The molecule has 22 heavy (non-hydrogen) atoms. The van der Waals surface area contributed by atoms with E-state index in [1.807, 2.05) is 28.7 Å². The Bertz CT molecular complexity index is 654. The number of aromatic nitrogens is 6. The van der Waals surface area contributed by atoms with Gasteiger partial charge in [-0.3, -0.25) is 4.68 Å². The third-order valence-electron chi connectivity index (χ3n) is 5.76. The Morgan fingerprint density at radius 1 is 1.36 bits per heavy atom. The number of anilines is 1. The maximum atomic E-state index is 4.30. The van der Waals surface area contributed by atoms with Crippen molar-refractivity contribution < 1.29 is 0 Å². The maximum Gasteiger partial charge on any atom is 0.245 e.